The van der Waals surface area contributed by atoms with Gasteiger partial charge in [0.15, 0.2) is 11.5 Å². The summed E-state index contributed by atoms with van der Waals surface area (Å²) in [6.45, 7) is 0. The fourth-order valence-corrected chi connectivity index (χ4v) is 5.03. The molecule has 6 heteroatoms. The first-order chi connectivity index (χ1) is 13.6. The van der Waals surface area contributed by atoms with E-state index in [0.717, 1.165) is 12.8 Å². The van der Waals surface area contributed by atoms with Gasteiger partial charge in [0.25, 0.3) is 0 Å². The molecule has 1 aliphatic heterocycles. The zero-order valence-corrected chi connectivity index (χ0v) is 15.5. The fourth-order valence-electron chi connectivity index (χ4n) is 5.03. The standard InChI is InChI=1S/C22H21NO5/c1-26-16-4-2-3-5-17(16)27-14-8-6-13(7-9-14)23-21(24)19-12-10-15-18(11-12)28-22(25)20(15)19/h2-9,12,15,18-20H,10-11H2,1H3,(H,23,24)/t12-,15+,18-,19-,20+/m1/s1. The van der Waals surface area contributed by atoms with Gasteiger partial charge in [-0.1, -0.05) is 12.1 Å². The van der Waals surface area contributed by atoms with E-state index in [4.69, 9.17) is 14.2 Å². The molecule has 1 heterocycles. The molecule has 0 radical (unpaired) electrons. The predicted molar refractivity (Wildman–Crippen MR) is 101 cm³/mol. The summed E-state index contributed by atoms with van der Waals surface area (Å²) >= 11 is 0. The Hall–Kier alpha value is -3.02. The van der Waals surface area contributed by atoms with Crippen molar-refractivity contribution >= 4 is 17.6 Å². The average Bonchev–Trinajstić information content (AvgIpc) is 3.32. The fraction of sp³-hybridized carbons (Fsp3) is 0.364. The van der Waals surface area contributed by atoms with E-state index >= 15 is 0 Å². The van der Waals surface area contributed by atoms with E-state index in [1.165, 1.54) is 0 Å². The van der Waals surface area contributed by atoms with E-state index in [1.54, 1.807) is 31.4 Å². The number of rotatable bonds is 5. The zero-order chi connectivity index (χ0) is 19.3. The number of esters is 1. The van der Waals surface area contributed by atoms with Crippen molar-refractivity contribution in [1.29, 1.82) is 0 Å². The number of carbonyl (C=O) groups is 2. The van der Waals surface area contributed by atoms with Gasteiger partial charge in [-0.2, -0.15) is 0 Å². The Balaban J connectivity index is 1.27. The molecule has 5 atom stereocenters. The Bertz CT molecular complexity index is 923. The van der Waals surface area contributed by atoms with Gasteiger partial charge in [-0.15, -0.1) is 0 Å². The van der Waals surface area contributed by atoms with Crippen molar-refractivity contribution in [3.8, 4) is 17.2 Å². The highest BCUT2D eigenvalue weighted by Gasteiger charge is 2.63. The van der Waals surface area contributed by atoms with E-state index < -0.39 is 0 Å². The molecule has 3 aliphatic rings. The van der Waals surface area contributed by atoms with Crippen molar-refractivity contribution in [3.05, 3.63) is 48.5 Å². The maximum atomic E-state index is 12.8. The van der Waals surface area contributed by atoms with Gasteiger partial charge in [0.2, 0.25) is 5.91 Å². The van der Waals surface area contributed by atoms with Gasteiger partial charge in [-0.05, 0) is 55.2 Å². The molecule has 0 spiro atoms. The van der Waals surface area contributed by atoms with Crippen molar-refractivity contribution in [2.45, 2.75) is 18.9 Å². The van der Waals surface area contributed by atoms with Crippen LogP contribution in [0.3, 0.4) is 0 Å². The number of carbonyl (C=O) groups excluding carboxylic acids is 2. The Labute approximate surface area is 162 Å². The van der Waals surface area contributed by atoms with E-state index in [1.807, 2.05) is 24.3 Å². The Kier molecular flexibility index (Phi) is 4.00. The monoisotopic (exact) mass is 379 g/mol. The van der Waals surface area contributed by atoms with Crippen molar-refractivity contribution in [2.75, 3.05) is 12.4 Å². The van der Waals surface area contributed by atoms with Gasteiger partial charge >= 0.3 is 5.97 Å². The van der Waals surface area contributed by atoms with E-state index in [9.17, 15) is 9.59 Å². The summed E-state index contributed by atoms with van der Waals surface area (Å²) in [4.78, 5) is 24.9. The van der Waals surface area contributed by atoms with Gasteiger partial charge in [0, 0.05) is 11.6 Å². The molecule has 1 amide bonds. The average molecular weight is 379 g/mol. The predicted octanol–water partition coefficient (Wildman–Crippen LogP) is 3.62. The second kappa shape index (κ2) is 6.55. The molecule has 3 fully saturated rings. The Morgan fingerprint density at radius 3 is 2.57 bits per heavy atom. The number of benzene rings is 2. The van der Waals surface area contributed by atoms with Crippen LogP contribution in [0.5, 0.6) is 17.2 Å². The number of ether oxygens (including phenoxy) is 3. The first kappa shape index (κ1) is 17.1. The van der Waals surface area contributed by atoms with Crippen LogP contribution in [-0.2, 0) is 14.3 Å². The highest BCUT2D eigenvalue weighted by molar-refractivity contribution is 5.97. The number of nitrogens with one attached hydrogen (secondary N) is 1. The molecular weight excluding hydrogens is 358 g/mol. The third-order valence-corrected chi connectivity index (χ3v) is 6.20. The lowest BCUT2D eigenvalue weighted by molar-refractivity contribution is -0.145. The highest BCUT2D eigenvalue weighted by Crippen LogP contribution is 2.57. The molecule has 2 aliphatic carbocycles. The molecule has 2 saturated carbocycles. The van der Waals surface area contributed by atoms with Crippen LogP contribution in [0.1, 0.15) is 12.8 Å². The van der Waals surface area contributed by atoms with Crippen molar-refractivity contribution < 1.29 is 23.8 Å². The zero-order valence-electron chi connectivity index (χ0n) is 15.5. The smallest absolute Gasteiger partial charge is 0.310 e. The second-order valence-electron chi connectivity index (χ2n) is 7.69. The summed E-state index contributed by atoms with van der Waals surface area (Å²) in [5.74, 6) is 1.56. The molecule has 1 saturated heterocycles. The molecule has 28 heavy (non-hydrogen) atoms. The van der Waals surface area contributed by atoms with Crippen LogP contribution in [0.15, 0.2) is 48.5 Å². The number of hydrogen-bond acceptors (Lipinski definition) is 5. The number of hydrogen-bond donors (Lipinski definition) is 1. The van der Waals surface area contributed by atoms with Crippen LogP contribution >= 0.6 is 0 Å². The largest absolute Gasteiger partial charge is 0.493 e. The minimum Gasteiger partial charge on any atom is -0.493 e. The highest BCUT2D eigenvalue weighted by atomic mass is 16.6. The summed E-state index contributed by atoms with van der Waals surface area (Å²) in [5, 5.41) is 2.96. The molecule has 2 aromatic rings. The number of methoxy groups -OCH3 is 1. The quantitative estimate of drug-likeness (QED) is 0.803. The number of fused-ring (bicyclic) bond motifs is 1. The molecule has 0 unspecified atom stereocenters. The number of anilines is 1. The minimum absolute atomic E-state index is 0.0398. The van der Waals surface area contributed by atoms with Gasteiger partial charge in [-0.25, -0.2) is 0 Å². The van der Waals surface area contributed by atoms with Crippen LogP contribution in [0, 0.1) is 23.7 Å². The third kappa shape index (κ3) is 2.71. The molecule has 2 bridgehead atoms. The summed E-state index contributed by atoms with van der Waals surface area (Å²) < 4.78 is 16.6. The summed E-state index contributed by atoms with van der Waals surface area (Å²) in [6.07, 6.45) is 1.78. The second-order valence-corrected chi connectivity index (χ2v) is 7.69. The third-order valence-electron chi connectivity index (χ3n) is 6.20. The van der Waals surface area contributed by atoms with E-state index in [0.29, 0.717) is 22.9 Å². The van der Waals surface area contributed by atoms with Gasteiger partial charge in [-0.3, -0.25) is 9.59 Å². The van der Waals surface area contributed by atoms with Crippen molar-refractivity contribution in [1.82, 2.24) is 0 Å². The SMILES string of the molecule is COc1ccccc1Oc1ccc(NC(=O)[C@@H]2[C@@H]3C[C@@H]4[C@@H]2C(=O)O[C@@H]4C3)cc1. The Morgan fingerprint density at radius 1 is 1.07 bits per heavy atom. The van der Waals surface area contributed by atoms with Crippen LogP contribution in [0.4, 0.5) is 5.69 Å². The number of amides is 1. The van der Waals surface area contributed by atoms with E-state index in [2.05, 4.69) is 5.32 Å². The first-order valence-electron chi connectivity index (χ1n) is 9.56. The van der Waals surface area contributed by atoms with Crippen molar-refractivity contribution in [2.24, 2.45) is 23.7 Å². The number of para-hydroxylation sites is 2. The summed E-state index contributed by atoms with van der Waals surface area (Å²) in [7, 11) is 1.60. The van der Waals surface area contributed by atoms with Crippen LogP contribution in [-0.4, -0.2) is 25.1 Å². The Morgan fingerprint density at radius 2 is 1.82 bits per heavy atom. The molecule has 1 N–H and O–H groups in total. The molecule has 144 valence electrons. The molecule has 5 rings (SSSR count). The van der Waals surface area contributed by atoms with Crippen molar-refractivity contribution in [3.63, 3.8) is 0 Å². The molecule has 0 aromatic heterocycles. The lowest BCUT2D eigenvalue weighted by Crippen LogP contribution is -2.35. The molecular formula is C22H21NO5. The van der Waals surface area contributed by atoms with Gasteiger partial charge in [0.1, 0.15) is 11.9 Å². The van der Waals surface area contributed by atoms with Gasteiger partial charge in [0.05, 0.1) is 18.9 Å². The lowest BCUT2D eigenvalue weighted by Gasteiger charge is -2.23. The minimum atomic E-state index is -0.277. The molecule has 2 aromatic carbocycles. The van der Waals surface area contributed by atoms with Gasteiger partial charge < -0.3 is 19.5 Å². The topological polar surface area (TPSA) is 73.9 Å². The summed E-state index contributed by atoms with van der Waals surface area (Å²) in [6, 6.07) is 14.6. The molecule has 6 nitrogen and oxygen atoms in total. The van der Waals surface area contributed by atoms with Crippen LogP contribution in [0.25, 0.3) is 0 Å². The van der Waals surface area contributed by atoms with Crippen LogP contribution < -0.4 is 14.8 Å². The van der Waals surface area contributed by atoms with Crippen LogP contribution in [0.2, 0.25) is 0 Å². The lowest BCUT2D eigenvalue weighted by atomic mass is 9.79. The first-order valence-corrected chi connectivity index (χ1v) is 9.56. The normalized spacial score (nSPS) is 29.5. The maximum Gasteiger partial charge on any atom is 0.310 e. The summed E-state index contributed by atoms with van der Waals surface area (Å²) in [5.41, 5.74) is 0.683. The van der Waals surface area contributed by atoms with E-state index in [-0.39, 0.29) is 41.7 Å². The maximum absolute atomic E-state index is 12.8.